The number of thiophene rings is 1. The fourth-order valence-corrected chi connectivity index (χ4v) is 3.57. The van der Waals surface area contributed by atoms with Crippen molar-refractivity contribution >= 4 is 35.0 Å². The minimum absolute atomic E-state index is 0.312. The van der Waals surface area contributed by atoms with Crippen molar-refractivity contribution in [2.45, 2.75) is 18.6 Å². The Morgan fingerprint density at radius 2 is 2.00 bits per heavy atom. The number of hydrogen-bond donors (Lipinski definition) is 1. The fourth-order valence-electron chi connectivity index (χ4n) is 2.38. The van der Waals surface area contributed by atoms with E-state index < -0.39 is 5.97 Å². The molecule has 2 heterocycles. The third-order valence-corrected chi connectivity index (χ3v) is 5.22. The Morgan fingerprint density at radius 1 is 1.22 bits per heavy atom. The molecule has 0 atom stereocenters. The molecular formula is C18H18N4O3S2. The SMILES string of the molecule is CSc1nnc(C)n1-c1ccc(C(=O)OCC(=O)NCc2cccs2)cc1. The zero-order chi connectivity index (χ0) is 19.2. The Labute approximate surface area is 164 Å². The minimum atomic E-state index is -0.543. The number of amides is 1. The van der Waals surface area contributed by atoms with Gasteiger partial charge >= 0.3 is 5.97 Å². The maximum Gasteiger partial charge on any atom is 0.338 e. The first kappa shape index (κ1) is 19.1. The van der Waals surface area contributed by atoms with Gasteiger partial charge in [0.2, 0.25) is 0 Å². The number of carbonyl (C=O) groups is 2. The van der Waals surface area contributed by atoms with Crippen molar-refractivity contribution < 1.29 is 14.3 Å². The normalized spacial score (nSPS) is 10.6. The molecule has 0 saturated heterocycles. The van der Waals surface area contributed by atoms with E-state index in [4.69, 9.17) is 4.74 Å². The number of thioether (sulfide) groups is 1. The van der Waals surface area contributed by atoms with E-state index in [-0.39, 0.29) is 12.5 Å². The number of hydrogen-bond acceptors (Lipinski definition) is 7. The van der Waals surface area contributed by atoms with Crippen LogP contribution in [-0.2, 0) is 16.1 Å². The fraction of sp³-hybridized carbons (Fsp3) is 0.222. The standard InChI is InChI=1S/C18H18N4O3S2/c1-12-20-21-18(26-2)22(12)14-7-5-13(6-8-14)17(24)25-11-16(23)19-10-15-4-3-9-27-15/h3-9H,10-11H2,1-2H3,(H,19,23). The van der Waals surface area contributed by atoms with Crippen LogP contribution in [0.25, 0.3) is 5.69 Å². The molecule has 1 amide bonds. The maximum atomic E-state index is 12.1. The number of ether oxygens (including phenoxy) is 1. The molecule has 0 fully saturated rings. The summed E-state index contributed by atoms with van der Waals surface area (Å²) in [7, 11) is 0. The Balaban J connectivity index is 1.56. The summed E-state index contributed by atoms with van der Waals surface area (Å²) in [5.74, 6) is -0.117. The van der Waals surface area contributed by atoms with E-state index >= 15 is 0 Å². The van der Waals surface area contributed by atoms with Crippen molar-refractivity contribution in [3.8, 4) is 5.69 Å². The third kappa shape index (κ3) is 4.75. The van der Waals surface area contributed by atoms with Crippen LogP contribution in [-0.4, -0.2) is 39.5 Å². The number of aryl methyl sites for hydroxylation is 1. The highest BCUT2D eigenvalue weighted by Gasteiger charge is 2.13. The first-order chi connectivity index (χ1) is 13.1. The van der Waals surface area contributed by atoms with Crippen molar-refractivity contribution in [1.29, 1.82) is 0 Å². The second-order valence-corrected chi connectivity index (χ2v) is 7.35. The molecule has 1 N–H and O–H groups in total. The zero-order valence-electron chi connectivity index (χ0n) is 14.8. The lowest BCUT2D eigenvalue weighted by atomic mass is 10.2. The van der Waals surface area contributed by atoms with Crippen molar-refractivity contribution in [3.63, 3.8) is 0 Å². The van der Waals surface area contributed by atoms with Crippen molar-refractivity contribution in [3.05, 3.63) is 58.0 Å². The molecule has 0 aliphatic rings. The predicted molar refractivity (Wildman–Crippen MR) is 104 cm³/mol. The summed E-state index contributed by atoms with van der Waals surface area (Å²) in [5, 5.41) is 13.6. The number of aromatic nitrogens is 3. The first-order valence-electron chi connectivity index (χ1n) is 8.11. The Hall–Kier alpha value is -2.65. The van der Waals surface area contributed by atoms with Crippen molar-refractivity contribution in [2.24, 2.45) is 0 Å². The van der Waals surface area contributed by atoms with Crippen LogP contribution in [0.3, 0.4) is 0 Å². The number of nitrogens with one attached hydrogen (secondary N) is 1. The lowest BCUT2D eigenvalue weighted by Gasteiger charge is -2.09. The van der Waals surface area contributed by atoms with Gasteiger partial charge in [0.25, 0.3) is 5.91 Å². The van der Waals surface area contributed by atoms with Crippen LogP contribution in [0.1, 0.15) is 21.1 Å². The van der Waals surface area contributed by atoms with Crippen LogP contribution in [0, 0.1) is 6.92 Å². The second-order valence-electron chi connectivity index (χ2n) is 5.55. The molecule has 27 heavy (non-hydrogen) atoms. The Bertz CT molecular complexity index is 921. The van der Waals surface area contributed by atoms with Gasteiger partial charge in [0.1, 0.15) is 5.82 Å². The number of nitrogens with zero attached hydrogens (tertiary/aromatic N) is 3. The van der Waals surface area contributed by atoms with Gasteiger partial charge in [-0.3, -0.25) is 9.36 Å². The van der Waals surface area contributed by atoms with E-state index in [1.165, 1.54) is 11.8 Å². The summed E-state index contributed by atoms with van der Waals surface area (Å²) >= 11 is 3.05. The predicted octanol–water partition coefficient (Wildman–Crippen LogP) is 2.83. The molecule has 2 aromatic heterocycles. The van der Waals surface area contributed by atoms with E-state index in [9.17, 15) is 9.59 Å². The van der Waals surface area contributed by atoms with Gasteiger partial charge < -0.3 is 10.1 Å². The lowest BCUT2D eigenvalue weighted by molar-refractivity contribution is -0.124. The molecule has 1 aromatic carbocycles. The van der Waals surface area contributed by atoms with Crippen LogP contribution in [0.15, 0.2) is 46.9 Å². The van der Waals surface area contributed by atoms with Gasteiger partial charge in [-0.05, 0) is 48.9 Å². The second kappa shape index (κ2) is 8.83. The van der Waals surface area contributed by atoms with Crippen LogP contribution in [0.4, 0.5) is 0 Å². The summed E-state index contributed by atoms with van der Waals surface area (Å²) in [6, 6.07) is 10.8. The highest BCUT2D eigenvalue weighted by molar-refractivity contribution is 7.98. The van der Waals surface area contributed by atoms with E-state index in [1.807, 2.05) is 35.3 Å². The maximum absolute atomic E-state index is 12.1. The topological polar surface area (TPSA) is 86.1 Å². The number of benzene rings is 1. The van der Waals surface area contributed by atoms with E-state index in [1.54, 1.807) is 35.6 Å². The van der Waals surface area contributed by atoms with Gasteiger partial charge in [0.05, 0.1) is 12.1 Å². The summed E-state index contributed by atoms with van der Waals surface area (Å²) in [4.78, 5) is 25.0. The van der Waals surface area contributed by atoms with Crippen LogP contribution in [0.5, 0.6) is 0 Å². The van der Waals surface area contributed by atoms with Gasteiger partial charge in [-0.15, -0.1) is 21.5 Å². The number of esters is 1. The molecule has 0 aliphatic heterocycles. The van der Waals surface area contributed by atoms with Crippen LogP contribution < -0.4 is 5.32 Å². The van der Waals surface area contributed by atoms with E-state index in [0.29, 0.717) is 12.1 Å². The van der Waals surface area contributed by atoms with Gasteiger partial charge in [-0.25, -0.2) is 4.79 Å². The molecule has 0 unspecified atom stereocenters. The van der Waals surface area contributed by atoms with Gasteiger partial charge in [-0.1, -0.05) is 17.8 Å². The molecule has 0 aliphatic carbocycles. The molecular weight excluding hydrogens is 384 g/mol. The summed E-state index contributed by atoms with van der Waals surface area (Å²) in [5.41, 5.74) is 1.23. The Morgan fingerprint density at radius 3 is 2.67 bits per heavy atom. The summed E-state index contributed by atoms with van der Waals surface area (Å²) < 4.78 is 6.98. The van der Waals surface area contributed by atoms with Crippen LogP contribution >= 0.6 is 23.1 Å². The van der Waals surface area contributed by atoms with Crippen LogP contribution in [0.2, 0.25) is 0 Å². The highest BCUT2D eigenvalue weighted by Crippen LogP contribution is 2.20. The van der Waals surface area contributed by atoms with E-state index in [2.05, 4.69) is 15.5 Å². The quantitative estimate of drug-likeness (QED) is 0.483. The van der Waals surface area contributed by atoms with Gasteiger partial charge in [-0.2, -0.15) is 0 Å². The lowest BCUT2D eigenvalue weighted by Crippen LogP contribution is -2.28. The molecule has 140 valence electrons. The Kier molecular flexibility index (Phi) is 6.25. The summed E-state index contributed by atoms with van der Waals surface area (Å²) in [6.45, 7) is 1.98. The number of rotatable bonds is 7. The molecule has 9 heteroatoms. The van der Waals surface area contributed by atoms with Crippen molar-refractivity contribution in [1.82, 2.24) is 20.1 Å². The first-order valence-corrected chi connectivity index (χ1v) is 10.2. The third-order valence-electron chi connectivity index (χ3n) is 3.71. The number of carbonyl (C=O) groups excluding carboxylic acids is 2. The molecule has 3 rings (SSSR count). The van der Waals surface area contributed by atoms with Crippen molar-refractivity contribution in [2.75, 3.05) is 12.9 Å². The summed E-state index contributed by atoms with van der Waals surface area (Å²) in [6.07, 6.45) is 1.93. The zero-order valence-corrected chi connectivity index (χ0v) is 16.5. The molecule has 7 nitrogen and oxygen atoms in total. The minimum Gasteiger partial charge on any atom is -0.452 e. The van der Waals surface area contributed by atoms with Gasteiger partial charge in [0, 0.05) is 10.6 Å². The van der Waals surface area contributed by atoms with Gasteiger partial charge in [0.15, 0.2) is 11.8 Å². The molecule has 0 spiro atoms. The average Bonchev–Trinajstić information content (AvgIpc) is 3.34. The average molecular weight is 403 g/mol. The monoisotopic (exact) mass is 402 g/mol. The van der Waals surface area contributed by atoms with E-state index in [0.717, 1.165) is 21.5 Å². The highest BCUT2D eigenvalue weighted by atomic mass is 32.2. The molecule has 0 bridgehead atoms. The largest absolute Gasteiger partial charge is 0.452 e. The smallest absolute Gasteiger partial charge is 0.338 e. The molecule has 0 saturated carbocycles. The molecule has 3 aromatic rings. The molecule has 0 radical (unpaired) electrons.